The summed E-state index contributed by atoms with van der Waals surface area (Å²) < 4.78 is 0.728. The van der Waals surface area contributed by atoms with E-state index in [2.05, 4.69) is 26.3 Å². The maximum atomic E-state index is 5.69. The molecule has 0 aliphatic rings. The number of hydrazine groups is 1. The van der Waals surface area contributed by atoms with Crippen LogP contribution < -0.4 is 11.3 Å². The molecule has 3 nitrogen and oxygen atoms in total. The summed E-state index contributed by atoms with van der Waals surface area (Å²) in [4.78, 5) is 3.81. The number of nitrogens with zero attached hydrogens (tertiary/aromatic N) is 1. The number of halogens is 2. The molecule has 0 saturated carbocycles. The molecule has 0 bridgehead atoms. The molecule has 0 unspecified atom stereocenters. The number of anilines is 1. The number of nitrogens with one attached hydrogen (secondary N) is 1. The van der Waals surface area contributed by atoms with E-state index >= 15 is 0 Å². The highest BCUT2D eigenvalue weighted by atomic mass is 79.9. The lowest BCUT2D eigenvalue weighted by Gasteiger charge is -2.01. The van der Waals surface area contributed by atoms with Crippen molar-refractivity contribution in [2.24, 2.45) is 5.84 Å². The summed E-state index contributed by atoms with van der Waals surface area (Å²) in [5, 5.41) is 0.537. The normalized spacial score (nSPS) is 9.50. The Bertz CT molecular complexity index is 240. The summed E-state index contributed by atoms with van der Waals surface area (Å²) in [6, 6.07) is 0. The Labute approximate surface area is 71.7 Å². The molecule has 0 fully saturated rings. The number of nitrogens with two attached hydrogens (primary N) is 1. The van der Waals surface area contributed by atoms with Gasteiger partial charge in [-0.15, -0.1) is 0 Å². The molecule has 54 valence electrons. The first-order chi connectivity index (χ1) is 4.75. The molecule has 0 radical (unpaired) electrons. The topological polar surface area (TPSA) is 50.9 Å². The van der Waals surface area contributed by atoms with Gasteiger partial charge in [0.2, 0.25) is 0 Å². The molecule has 0 aliphatic carbocycles. The highest BCUT2D eigenvalue weighted by Gasteiger charge is 2.00. The lowest BCUT2D eigenvalue weighted by Crippen LogP contribution is -2.07. The Hall–Kier alpha value is -0.320. The zero-order valence-corrected chi connectivity index (χ0v) is 7.28. The number of hydrogen-bond donors (Lipinski definition) is 2. The Morgan fingerprint density at radius 1 is 1.60 bits per heavy atom. The lowest BCUT2D eigenvalue weighted by molar-refractivity contribution is 1.26. The molecule has 0 aromatic carbocycles. The predicted octanol–water partition coefficient (Wildman–Crippen LogP) is 1.78. The molecule has 0 amide bonds. The van der Waals surface area contributed by atoms with Gasteiger partial charge in [-0.05, 0) is 15.9 Å². The fourth-order valence-electron chi connectivity index (χ4n) is 0.520. The van der Waals surface area contributed by atoms with Crippen LogP contribution in [-0.4, -0.2) is 4.98 Å². The SMILES string of the molecule is NNc1cncc(Cl)c1Br. The average Bonchev–Trinajstić information content (AvgIpc) is 1.95. The van der Waals surface area contributed by atoms with Crippen molar-refractivity contribution in [1.29, 1.82) is 0 Å². The van der Waals surface area contributed by atoms with Crippen molar-refractivity contribution in [2.75, 3.05) is 5.43 Å². The van der Waals surface area contributed by atoms with Crippen molar-refractivity contribution in [3.63, 3.8) is 0 Å². The van der Waals surface area contributed by atoms with Crippen LogP contribution in [0.4, 0.5) is 5.69 Å². The summed E-state index contributed by atoms with van der Waals surface area (Å²) in [5.74, 6) is 5.14. The molecule has 0 aliphatic heterocycles. The van der Waals surface area contributed by atoms with Crippen LogP contribution in [0.15, 0.2) is 16.9 Å². The third-order valence-corrected chi connectivity index (χ3v) is 2.36. The third-order valence-electron chi connectivity index (χ3n) is 0.993. The third kappa shape index (κ3) is 1.39. The van der Waals surface area contributed by atoms with Crippen molar-refractivity contribution in [3.05, 3.63) is 21.9 Å². The minimum Gasteiger partial charge on any atom is -0.322 e. The average molecular weight is 222 g/mol. The molecule has 1 heterocycles. The molecule has 0 saturated heterocycles. The van der Waals surface area contributed by atoms with E-state index in [9.17, 15) is 0 Å². The summed E-state index contributed by atoms with van der Waals surface area (Å²) in [6.07, 6.45) is 3.11. The molecule has 1 aromatic rings. The van der Waals surface area contributed by atoms with Gasteiger partial charge in [0.1, 0.15) is 0 Å². The first kappa shape index (κ1) is 7.78. The van der Waals surface area contributed by atoms with Gasteiger partial charge in [0.05, 0.1) is 21.4 Å². The van der Waals surface area contributed by atoms with Crippen LogP contribution >= 0.6 is 27.5 Å². The van der Waals surface area contributed by atoms with E-state index in [1.54, 1.807) is 6.20 Å². The molecule has 3 N–H and O–H groups in total. The van der Waals surface area contributed by atoms with Crippen molar-refractivity contribution in [1.82, 2.24) is 4.98 Å². The number of rotatable bonds is 1. The first-order valence-corrected chi connectivity index (χ1v) is 3.68. The maximum Gasteiger partial charge on any atom is 0.0828 e. The van der Waals surface area contributed by atoms with Crippen LogP contribution in [0.1, 0.15) is 0 Å². The first-order valence-electron chi connectivity index (χ1n) is 2.51. The van der Waals surface area contributed by atoms with E-state index in [1.165, 1.54) is 6.20 Å². The van der Waals surface area contributed by atoms with E-state index in [1.807, 2.05) is 0 Å². The molecule has 10 heavy (non-hydrogen) atoms. The second-order valence-electron chi connectivity index (χ2n) is 1.63. The van der Waals surface area contributed by atoms with Crippen molar-refractivity contribution in [2.45, 2.75) is 0 Å². The number of nitrogen functional groups attached to an aromatic ring is 1. The van der Waals surface area contributed by atoms with E-state index < -0.39 is 0 Å². The standard InChI is InChI=1S/C5H5BrClN3/c6-5-3(7)1-9-2-4(5)10-8/h1-2,10H,8H2. The van der Waals surface area contributed by atoms with Gasteiger partial charge in [-0.1, -0.05) is 11.6 Å². The highest BCUT2D eigenvalue weighted by molar-refractivity contribution is 9.10. The van der Waals surface area contributed by atoms with Gasteiger partial charge in [0.15, 0.2) is 0 Å². The second-order valence-corrected chi connectivity index (χ2v) is 2.83. The van der Waals surface area contributed by atoms with E-state index in [-0.39, 0.29) is 0 Å². The maximum absolute atomic E-state index is 5.69. The van der Waals surface area contributed by atoms with Gasteiger partial charge in [-0.25, -0.2) is 0 Å². The van der Waals surface area contributed by atoms with E-state index in [4.69, 9.17) is 17.4 Å². The lowest BCUT2D eigenvalue weighted by atomic mass is 10.4. The summed E-state index contributed by atoms with van der Waals surface area (Å²) in [5.41, 5.74) is 3.12. The van der Waals surface area contributed by atoms with Crippen molar-refractivity contribution < 1.29 is 0 Å². The summed E-state index contributed by atoms with van der Waals surface area (Å²) >= 11 is 8.91. The van der Waals surface area contributed by atoms with Crippen LogP contribution in [0.3, 0.4) is 0 Å². The Morgan fingerprint density at radius 2 is 2.30 bits per heavy atom. The quantitative estimate of drug-likeness (QED) is 0.563. The van der Waals surface area contributed by atoms with Crippen LogP contribution in [-0.2, 0) is 0 Å². The highest BCUT2D eigenvalue weighted by Crippen LogP contribution is 2.27. The van der Waals surface area contributed by atoms with Crippen molar-refractivity contribution >= 4 is 33.2 Å². The smallest absolute Gasteiger partial charge is 0.0828 e. The summed E-state index contributed by atoms with van der Waals surface area (Å²) in [7, 11) is 0. The van der Waals surface area contributed by atoms with E-state index in [0.29, 0.717) is 10.7 Å². The Morgan fingerprint density at radius 3 is 2.80 bits per heavy atom. The van der Waals surface area contributed by atoms with E-state index in [0.717, 1.165) is 4.47 Å². The number of aromatic nitrogens is 1. The van der Waals surface area contributed by atoms with Gasteiger partial charge in [-0.3, -0.25) is 10.8 Å². The predicted molar refractivity (Wildman–Crippen MR) is 44.8 cm³/mol. The fraction of sp³-hybridized carbons (Fsp3) is 0. The minimum absolute atomic E-state index is 0.537. The number of hydrogen-bond acceptors (Lipinski definition) is 3. The minimum atomic E-state index is 0.537. The molecular weight excluding hydrogens is 217 g/mol. The van der Waals surface area contributed by atoms with Gasteiger partial charge in [0.25, 0.3) is 0 Å². The molecular formula is C5H5BrClN3. The van der Waals surface area contributed by atoms with Crippen LogP contribution in [0.2, 0.25) is 5.02 Å². The zero-order chi connectivity index (χ0) is 7.56. The molecule has 0 atom stereocenters. The monoisotopic (exact) mass is 221 g/mol. The molecule has 1 aromatic heterocycles. The zero-order valence-electron chi connectivity index (χ0n) is 4.94. The number of pyridine rings is 1. The Kier molecular flexibility index (Phi) is 2.48. The Balaban J connectivity index is 3.14. The van der Waals surface area contributed by atoms with Crippen LogP contribution in [0, 0.1) is 0 Å². The second kappa shape index (κ2) is 3.18. The van der Waals surface area contributed by atoms with Gasteiger partial charge >= 0.3 is 0 Å². The molecule has 0 spiro atoms. The van der Waals surface area contributed by atoms with Crippen molar-refractivity contribution in [3.8, 4) is 0 Å². The largest absolute Gasteiger partial charge is 0.322 e. The van der Waals surface area contributed by atoms with Gasteiger partial charge in [-0.2, -0.15) is 0 Å². The fourth-order valence-corrected chi connectivity index (χ4v) is 0.997. The molecule has 1 rings (SSSR count). The van der Waals surface area contributed by atoms with Crippen LogP contribution in [0.5, 0.6) is 0 Å². The van der Waals surface area contributed by atoms with Gasteiger partial charge < -0.3 is 5.43 Å². The van der Waals surface area contributed by atoms with Crippen LogP contribution in [0.25, 0.3) is 0 Å². The van der Waals surface area contributed by atoms with Gasteiger partial charge in [0, 0.05) is 6.20 Å². The molecule has 5 heteroatoms. The summed E-state index contributed by atoms with van der Waals surface area (Å²) in [6.45, 7) is 0.